The van der Waals surface area contributed by atoms with Gasteiger partial charge in [-0.3, -0.25) is 0 Å². The molecule has 0 heterocycles. The van der Waals surface area contributed by atoms with Crippen LogP contribution in [0.1, 0.15) is 11.1 Å². The van der Waals surface area contributed by atoms with Crippen LogP contribution in [0.4, 0.5) is 13.2 Å². The van der Waals surface area contributed by atoms with Gasteiger partial charge in [0, 0.05) is 6.07 Å². The fraction of sp³-hybridized carbons (Fsp3) is 0.0714. The normalized spacial score (nSPS) is 10.9. The maximum Gasteiger partial charge on any atom is 0.416 e. The van der Waals surface area contributed by atoms with Crippen molar-refractivity contribution in [3.8, 4) is 17.6 Å². The summed E-state index contributed by atoms with van der Waals surface area (Å²) in [6.07, 6.45) is -4.38. The Morgan fingerprint density at radius 1 is 1.00 bits per heavy atom. The van der Waals surface area contributed by atoms with E-state index in [2.05, 4.69) is 0 Å². The number of ether oxygens (including phenoxy) is 1. The van der Waals surface area contributed by atoms with E-state index < -0.39 is 11.7 Å². The molecule has 0 atom stereocenters. The average molecular weight is 298 g/mol. The summed E-state index contributed by atoms with van der Waals surface area (Å²) in [7, 11) is 0. The molecule has 20 heavy (non-hydrogen) atoms. The Morgan fingerprint density at radius 3 is 2.10 bits per heavy atom. The highest BCUT2D eigenvalue weighted by Gasteiger charge is 2.30. The molecule has 0 spiro atoms. The van der Waals surface area contributed by atoms with Crippen molar-refractivity contribution >= 4 is 11.6 Å². The SMILES string of the molecule is N#Cc1ccc(Oc2ccc(C(F)(F)F)cc2)cc1Cl. The molecule has 0 saturated heterocycles. The molecule has 2 nitrogen and oxygen atoms in total. The minimum absolute atomic E-state index is 0.219. The monoisotopic (exact) mass is 297 g/mol. The number of rotatable bonds is 2. The maximum atomic E-state index is 12.4. The van der Waals surface area contributed by atoms with Gasteiger partial charge >= 0.3 is 6.18 Å². The van der Waals surface area contributed by atoms with E-state index in [1.165, 1.54) is 30.3 Å². The zero-order chi connectivity index (χ0) is 14.8. The topological polar surface area (TPSA) is 33.0 Å². The van der Waals surface area contributed by atoms with E-state index in [0.29, 0.717) is 11.3 Å². The molecule has 0 aliphatic heterocycles. The van der Waals surface area contributed by atoms with E-state index in [4.69, 9.17) is 21.6 Å². The van der Waals surface area contributed by atoms with Crippen molar-refractivity contribution in [1.82, 2.24) is 0 Å². The van der Waals surface area contributed by atoms with Gasteiger partial charge in [-0.25, -0.2) is 0 Å². The van der Waals surface area contributed by atoms with Gasteiger partial charge in [0.05, 0.1) is 16.1 Å². The summed E-state index contributed by atoms with van der Waals surface area (Å²) in [6.45, 7) is 0. The molecule has 0 N–H and O–H groups in total. The molecule has 0 aromatic heterocycles. The van der Waals surface area contributed by atoms with Crippen LogP contribution in [-0.4, -0.2) is 0 Å². The lowest BCUT2D eigenvalue weighted by Gasteiger charge is -2.09. The number of hydrogen-bond acceptors (Lipinski definition) is 2. The Hall–Kier alpha value is -2.19. The summed E-state index contributed by atoms with van der Waals surface area (Å²) in [5, 5.41) is 8.94. The van der Waals surface area contributed by atoms with Crippen LogP contribution < -0.4 is 4.74 Å². The molecule has 0 radical (unpaired) electrons. The van der Waals surface area contributed by atoms with E-state index in [1.54, 1.807) is 0 Å². The lowest BCUT2D eigenvalue weighted by Crippen LogP contribution is -2.03. The van der Waals surface area contributed by atoms with E-state index >= 15 is 0 Å². The van der Waals surface area contributed by atoms with E-state index in [0.717, 1.165) is 12.1 Å². The van der Waals surface area contributed by atoms with Crippen LogP contribution >= 0.6 is 11.6 Å². The average Bonchev–Trinajstić information content (AvgIpc) is 2.38. The summed E-state index contributed by atoms with van der Waals surface area (Å²) in [4.78, 5) is 0. The Labute approximate surface area is 118 Å². The molecule has 102 valence electrons. The highest BCUT2D eigenvalue weighted by atomic mass is 35.5. The van der Waals surface area contributed by atoms with Crippen LogP contribution in [0.3, 0.4) is 0 Å². The summed E-state index contributed by atoms with van der Waals surface area (Å²) < 4.78 is 42.5. The van der Waals surface area contributed by atoms with Gasteiger partial charge in [0.15, 0.2) is 0 Å². The summed E-state index contributed by atoms with van der Waals surface area (Å²) in [5.74, 6) is 0.590. The minimum atomic E-state index is -4.38. The molecule has 2 rings (SSSR count). The van der Waals surface area contributed by atoms with Crippen molar-refractivity contribution in [2.75, 3.05) is 0 Å². The van der Waals surface area contributed by atoms with Crippen molar-refractivity contribution in [2.24, 2.45) is 0 Å². The van der Waals surface area contributed by atoms with Crippen molar-refractivity contribution in [1.29, 1.82) is 5.26 Å². The van der Waals surface area contributed by atoms with Gasteiger partial charge in [-0.1, -0.05) is 11.6 Å². The van der Waals surface area contributed by atoms with E-state index in [9.17, 15) is 13.2 Å². The molecule has 0 unspecified atom stereocenters. The molecule has 0 aliphatic carbocycles. The number of benzene rings is 2. The highest BCUT2D eigenvalue weighted by Crippen LogP contribution is 2.32. The molecule has 6 heteroatoms. The summed E-state index contributed by atoms with van der Waals surface area (Å²) in [6, 6.07) is 10.6. The molecule has 0 bridgehead atoms. The lowest BCUT2D eigenvalue weighted by atomic mass is 10.2. The fourth-order valence-corrected chi connectivity index (χ4v) is 1.71. The standard InChI is InChI=1S/C14H7ClF3NO/c15-13-7-12(4-1-9(13)8-19)20-11-5-2-10(3-6-11)14(16,17)18/h1-7H. The first-order chi connectivity index (χ1) is 9.40. The van der Waals surface area contributed by atoms with Crippen LogP contribution in [0.5, 0.6) is 11.5 Å². The van der Waals surface area contributed by atoms with Crippen molar-refractivity contribution in [3.05, 3.63) is 58.6 Å². The molecular weight excluding hydrogens is 291 g/mol. The smallest absolute Gasteiger partial charge is 0.416 e. The van der Waals surface area contributed by atoms with Crippen LogP contribution in [-0.2, 0) is 6.18 Å². The number of nitriles is 1. The quantitative estimate of drug-likeness (QED) is 0.779. The molecule has 0 amide bonds. The van der Waals surface area contributed by atoms with Crippen LogP contribution in [0.25, 0.3) is 0 Å². The van der Waals surface area contributed by atoms with E-state index in [-0.39, 0.29) is 10.8 Å². The predicted octanol–water partition coefficient (Wildman–Crippen LogP) is 5.02. The zero-order valence-corrected chi connectivity index (χ0v) is 10.7. The molecule has 2 aromatic rings. The Kier molecular flexibility index (Phi) is 3.86. The molecular formula is C14H7ClF3NO. The van der Waals surface area contributed by atoms with Gasteiger partial charge in [-0.05, 0) is 36.4 Å². The van der Waals surface area contributed by atoms with Crippen molar-refractivity contribution < 1.29 is 17.9 Å². The number of hydrogen-bond donors (Lipinski definition) is 0. The second-order valence-corrected chi connectivity index (χ2v) is 4.28. The third kappa shape index (κ3) is 3.22. The van der Waals surface area contributed by atoms with Crippen LogP contribution in [0, 0.1) is 11.3 Å². The zero-order valence-electron chi connectivity index (χ0n) is 9.91. The van der Waals surface area contributed by atoms with Gasteiger partial charge in [0.25, 0.3) is 0 Å². The maximum absolute atomic E-state index is 12.4. The minimum Gasteiger partial charge on any atom is -0.457 e. The molecule has 0 aliphatic rings. The first kappa shape index (κ1) is 14.2. The summed E-state index contributed by atoms with van der Waals surface area (Å²) >= 11 is 5.83. The van der Waals surface area contributed by atoms with Gasteiger partial charge in [-0.2, -0.15) is 18.4 Å². The van der Waals surface area contributed by atoms with Crippen LogP contribution in [0.15, 0.2) is 42.5 Å². The third-order valence-corrected chi connectivity index (χ3v) is 2.79. The second-order valence-electron chi connectivity index (χ2n) is 3.88. The lowest BCUT2D eigenvalue weighted by molar-refractivity contribution is -0.137. The highest BCUT2D eigenvalue weighted by molar-refractivity contribution is 6.31. The Bertz CT molecular complexity index is 660. The first-order valence-electron chi connectivity index (χ1n) is 5.45. The largest absolute Gasteiger partial charge is 0.457 e. The predicted molar refractivity (Wildman–Crippen MR) is 67.7 cm³/mol. The second kappa shape index (κ2) is 5.43. The molecule has 0 fully saturated rings. The number of halogens is 4. The third-order valence-electron chi connectivity index (χ3n) is 2.48. The van der Waals surface area contributed by atoms with Gasteiger partial charge < -0.3 is 4.74 Å². The number of nitrogens with zero attached hydrogens (tertiary/aromatic N) is 1. The van der Waals surface area contributed by atoms with Gasteiger partial charge in [0.1, 0.15) is 17.6 Å². The first-order valence-corrected chi connectivity index (χ1v) is 5.83. The molecule has 0 saturated carbocycles. The van der Waals surface area contributed by atoms with Gasteiger partial charge in [-0.15, -0.1) is 0 Å². The van der Waals surface area contributed by atoms with Crippen molar-refractivity contribution in [3.63, 3.8) is 0 Å². The van der Waals surface area contributed by atoms with Crippen molar-refractivity contribution in [2.45, 2.75) is 6.18 Å². The van der Waals surface area contributed by atoms with Gasteiger partial charge in [0.2, 0.25) is 0 Å². The Morgan fingerprint density at radius 2 is 1.60 bits per heavy atom. The van der Waals surface area contributed by atoms with E-state index in [1.807, 2.05) is 6.07 Å². The fourth-order valence-electron chi connectivity index (χ4n) is 1.50. The molecule has 2 aromatic carbocycles. The van der Waals surface area contributed by atoms with Crippen LogP contribution in [0.2, 0.25) is 5.02 Å². The Balaban J connectivity index is 2.19. The summed E-state index contributed by atoms with van der Waals surface area (Å²) in [5.41, 5.74) is -0.450. The number of alkyl halides is 3.